The molecule has 0 spiro atoms. The van der Waals surface area contributed by atoms with Gasteiger partial charge >= 0.3 is 5.97 Å². The number of aromatic amines is 2. The quantitative estimate of drug-likeness (QED) is 0.0837. The molecule has 0 saturated heterocycles. The van der Waals surface area contributed by atoms with Crippen LogP contribution in [0.4, 0.5) is 0 Å². The number of aliphatic carboxylic acids is 1. The molecule has 0 aliphatic carbocycles. The number of rotatable bonds is 15. The van der Waals surface area contributed by atoms with Crippen molar-refractivity contribution in [2.75, 3.05) is 0 Å². The highest BCUT2D eigenvalue weighted by Gasteiger charge is 2.32. The summed E-state index contributed by atoms with van der Waals surface area (Å²) >= 11 is 0. The third-order valence-corrected chi connectivity index (χ3v) is 9.01. The molecule has 5 unspecified atom stereocenters. The Balaban J connectivity index is 1.42. The molecule has 12 heteroatoms. The van der Waals surface area contributed by atoms with E-state index < -0.39 is 47.9 Å². The molecule has 5 aromatic rings. The van der Waals surface area contributed by atoms with Crippen LogP contribution in [0.25, 0.3) is 21.8 Å². The largest absolute Gasteiger partial charge is 0.508 e. The Bertz CT molecular complexity index is 1930. The number of benzene rings is 3. The first kappa shape index (κ1) is 34.7. The fraction of sp³-hybridized carbons (Fsp3) is 0.297. The number of phenolic OH excluding ortho intramolecular Hbond substituents is 1. The maximum atomic E-state index is 14.0. The number of fused-ring (bicyclic) bond motifs is 2. The number of aromatic nitrogens is 2. The lowest BCUT2D eigenvalue weighted by Gasteiger charge is -2.26. The zero-order chi connectivity index (χ0) is 35.1. The van der Waals surface area contributed by atoms with E-state index in [1.807, 2.05) is 62.4 Å². The summed E-state index contributed by atoms with van der Waals surface area (Å²) in [4.78, 5) is 59.9. The SMILES string of the molecule is CCC(C)C(N)C(=O)NC(Cc1ccc(O)cc1)C(=O)NC(Cc1c[nH]c2ccccc12)C(=O)NC(Cc1c[nH]c2ccccc12)C(=O)O. The standard InChI is InChI=1S/C37H42N6O6/c1-3-21(2)33(38)36(47)42-30(16-22-12-14-25(44)15-13-22)34(45)41-31(17-23-19-39-28-10-6-4-8-26(23)28)35(46)43-32(37(48)49)18-24-20-40-29-11-7-5-9-27(24)29/h4-15,19-21,30-33,39-40,44H,3,16-18,38H2,1-2H3,(H,41,45)(H,42,47)(H,43,46)(H,48,49). The molecule has 0 aliphatic rings. The van der Waals surface area contributed by atoms with Crippen molar-refractivity contribution in [2.24, 2.45) is 11.7 Å². The van der Waals surface area contributed by atoms with Crippen LogP contribution in [0.3, 0.4) is 0 Å². The highest BCUT2D eigenvalue weighted by Crippen LogP contribution is 2.21. The van der Waals surface area contributed by atoms with E-state index in [0.29, 0.717) is 12.0 Å². The first-order valence-corrected chi connectivity index (χ1v) is 16.3. The number of carbonyl (C=O) groups is 4. The molecule has 0 saturated carbocycles. The van der Waals surface area contributed by atoms with Gasteiger partial charge in [0.05, 0.1) is 6.04 Å². The molecule has 12 nitrogen and oxygen atoms in total. The van der Waals surface area contributed by atoms with E-state index in [4.69, 9.17) is 5.73 Å². The van der Waals surface area contributed by atoms with Crippen molar-refractivity contribution >= 4 is 45.5 Å². The Morgan fingerprint density at radius 2 is 1.16 bits per heavy atom. The van der Waals surface area contributed by atoms with Gasteiger partial charge in [0.2, 0.25) is 17.7 Å². The summed E-state index contributed by atoms with van der Waals surface area (Å²) in [6.45, 7) is 3.76. The molecule has 0 aliphatic heterocycles. The Morgan fingerprint density at radius 3 is 1.69 bits per heavy atom. The third kappa shape index (κ3) is 8.46. The summed E-state index contributed by atoms with van der Waals surface area (Å²) in [5.74, 6) is -3.20. The summed E-state index contributed by atoms with van der Waals surface area (Å²) in [5.41, 5.74) is 9.97. The number of aromatic hydroxyl groups is 1. The predicted octanol–water partition coefficient (Wildman–Crippen LogP) is 3.30. The zero-order valence-electron chi connectivity index (χ0n) is 27.4. The second-order valence-electron chi connectivity index (χ2n) is 12.4. The van der Waals surface area contributed by atoms with Gasteiger partial charge in [0.25, 0.3) is 0 Å². The fourth-order valence-electron chi connectivity index (χ4n) is 5.85. The van der Waals surface area contributed by atoms with Crippen molar-refractivity contribution in [3.63, 3.8) is 0 Å². The minimum absolute atomic E-state index is 0.00583. The van der Waals surface area contributed by atoms with Crippen molar-refractivity contribution in [1.29, 1.82) is 0 Å². The van der Waals surface area contributed by atoms with E-state index in [-0.39, 0.29) is 30.9 Å². The number of phenols is 1. The minimum Gasteiger partial charge on any atom is -0.508 e. The van der Waals surface area contributed by atoms with Gasteiger partial charge in [-0.15, -0.1) is 0 Å². The van der Waals surface area contributed by atoms with Gasteiger partial charge in [-0.1, -0.05) is 68.8 Å². The Labute approximate surface area is 283 Å². The van der Waals surface area contributed by atoms with Crippen LogP contribution in [0.1, 0.15) is 37.0 Å². The molecule has 5 rings (SSSR count). The first-order chi connectivity index (χ1) is 23.5. The first-order valence-electron chi connectivity index (χ1n) is 16.3. The van der Waals surface area contributed by atoms with Crippen molar-refractivity contribution < 1.29 is 29.4 Å². The number of para-hydroxylation sites is 2. The average molecular weight is 667 g/mol. The second kappa shape index (κ2) is 15.5. The Kier molecular flexibility index (Phi) is 11.0. The molecule has 3 amide bonds. The summed E-state index contributed by atoms with van der Waals surface area (Å²) in [6.07, 6.45) is 4.21. The van der Waals surface area contributed by atoms with Gasteiger partial charge in [0.1, 0.15) is 23.9 Å². The van der Waals surface area contributed by atoms with Gasteiger partial charge in [-0.05, 0) is 46.9 Å². The van der Waals surface area contributed by atoms with E-state index in [2.05, 4.69) is 25.9 Å². The summed E-state index contributed by atoms with van der Waals surface area (Å²) < 4.78 is 0. The lowest BCUT2D eigenvalue weighted by atomic mass is 9.98. The summed E-state index contributed by atoms with van der Waals surface area (Å²) in [6, 6.07) is 16.7. The van der Waals surface area contributed by atoms with Gasteiger partial charge in [-0.25, -0.2) is 4.79 Å². The topological polar surface area (TPSA) is 202 Å². The number of carboxylic acids is 1. The normalized spacial score (nSPS) is 14.4. The fourth-order valence-corrected chi connectivity index (χ4v) is 5.85. The maximum absolute atomic E-state index is 14.0. The number of nitrogens with one attached hydrogen (secondary N) is 5. The third-order valence-electron chi connectivity index (χ3n) is 9.01. The van der Waals surface area contributed by atoms with Gasteiger partial charge in [-0.2, -0.15) is 0 Å². The van der Waals surface area contributed by atoms with Gasteiger partial charge < -0.3 is 41.9 Å². The number of carbonyl (C=O) groups excluding carboxylic acids is 3. The van der Waals surface area contributed by atoms with E-state index in [9.17, 15) is 29.4 Å². The zero-order valence-corrected chi connectivity index (χ0v) is 27.4. The lowest BCUT2D eigenvalue weighted by Crippen LogP contribution is -2.58. The molecular weight excluding hydrogens is 624 g/mol. The van der Waals surface area contributed by atoms with Crippen molar-refractivity contribution in [3.8, 4) is 5.75 Å². The Morgan fingerprint density at radius 1 is 0.694 bits per heavy atom. The molecule has 9 N–H and O–H groups in total. The molecule has 2 heterocycles. The predicted molar refractivity (Wildman–Crippen MR) is 187 cm³/mol. The van der Waals surface area contributed by atoms with Crippen LogP contribution in [-0.2, 0) is 38.4 Å². The summed E-state index contributed by atoms with van der Waals surface area (Å²) in [7, 11) is 0. The molecule has 49 heavy (non-hydrogen) atoms. The van der Waals surface area contributed by atoms with Crippen LogP contribution < -0.4 is 21.7 Å². The number of amides is 3. The van der Waals surface area contributed by atoms with Crippen LogP contribution in [-0.4, -0.2) is 68.0 Å². The molecule has 5 atom stereocenters. The molecule has 0 fully saturated rings. The molecule has 2 aromatic heterocycles. The van der Waals surface area contributed by atoms with Crippen molar-refractivity contribution in [1.82, 2.24) is 25.9 Å². The number of nitrogens with two attached hydrogens (primary N) is 1. The minimum atomic E-state index is -1.30. The molecular formula is C37H42N6O6. The molecule has 256 valence electrons. The number of carboxylic acid groups (broad SMARTS) is 1. The highest BCUT2D eigenvalue weighted by atomic mass is 16.4. The van der Waals surface area contributed by atoms with Crippen LogP contribution in [0.5, 0.6) is 5.75 Å². The van der Waals surface area contributed by atoms with E-state index >= 15 is 0 Å². The summed E-state index contributed by atoms with van der Waals surface area (Å²) in [5, 5.41) is 29.8. The van der Waals surface area contributed by atoms with E-state index in [1.54, 1.807) is 24.5 Å². The monoisotopic (exact) mass is 666 g/mol. The molecule has 3 aromatic carbocycles. The van der Waals surface area contributed by atoms with Crippen LogP contribution in [0.15, 0.2) is 85.2 Å². The second-order valence-corrected chi connectivity index (χ2v) is 12.4. The number of hydrogen-bond acceptors (Lipinski definition) is 6. The van der Waals surface area contributed by atoms with Crippen LogP contribution in [0.2, 0.25) is 0 Å². The van der Waals surface area contributed by atoms with Crippen LogP contribution in [0, 0.1) is 5.92 Å². The van der Waals surface area contributed by atoms with Gasteiger partial charge in [0.15, 0.2) is 0 Å². The van der Waals surface area contributed by atoms with Gasteiger partial charge in [-0.3, -0.25) is 14.4 Å². The van der Waals surface area contributed by atoms with E-state index in [0.717, 1.165) is 32.9 Å². The van der Waals surface area contributed by atoms with Crippen molar-refractivity contribution in [3.05, 3.63) is 102 Å². The average Bonchev–Trinajstić information content (AvgIpc) is 3.71. The Hall–Kier alpha value is -5.62. The van der Waals surface area contributed by atoms with E-state index in [1.165, 1.54) is 12.1 Å². The molecule has 0 radical (unpaired) electrons. The molecule has 0 bridgehead atoms. The van der Waals surface area contributed by atoms with Crippen LogP contribution >= 0.6 is 0 Å². The highest BCUT2D eigenvalue weighted by molar-refractivity contribution is 5.95. The number of H-pyrrole nitrogens is 2. The smallest absolute Gasteiger partial charge is 0.326 e. The van der Waals surface area contributed by atoms with Crippen molar-refractivity contribution in [2.45, 2.75) is 63.7 Å². The number of hydrogen-bond donors (Lipinski definition) is 8. The lowest BCUT2D eigenvalue weighted by molar-refractivity contribution is -0.142. The van der Waals surface area contributed by atoms with Gasteiger partial charge in [0, 0.05) is 53.5 Å². The maximum Gasteiger partial charge on any atom is 0.326 e.